The predicted molar refractivity (Wildman–Crippen MR) is 69.2 cm³/mol. The first-order valence-corrected chi connectivity index (χ1v) is 6.45. The highest BCUT2D eigenvalue weighted by atomic mass is 16.7. The van der Waals surface area contributed by atoms with E-state index in [2.05, 4.69) is 29.3 Å². The van der Waals surface area contributed by atoms with E-state index in [4.69, 9.17) is 9.47 Å². The van der Waals surface area contributed by atoms with Crippen LogP contribution in [0.4, 0.5) is 0 Å². The van der Waals surface area contributed by atoms with Gasteiger partial charge in [-0.1, -0.05) is 5.21 Å². The molecule has 0 N–H and O–H groups in total. The van der Waals surface area contributed by atoms with Crippen LogP contribution in [0.15, 0.2) is 6.20 Å². The van der Waals surface area contributed by atoms with Gasteiger partial charge in [-0.05, 0) is 40.9 Å². The van der Waals surface area contributed by atoms with Gasteiger partial charge in [-0.15, -0.1) is 5.10 Å². The molecular formula is C12H24N4O2. The van der Waals surface area contributed by atoms with Crippen molar-refractivity contribution < 1.29 is 9.47 Å². The highest BCUT2D eigenvalue weighted by Crippen LogP contribution is 2.15. The molecule has 0 aliphatic heterocycles. The normalized spacial score (nSPS) is 11.7. The summed E-state index contributed by atoms with van der Waals surface area (Å²) in [5.41, 5.74) is 0.739. The molecule has 1 aromatic heterocycles. The third-order valence-corrected chi connectivity index (χ3v) is 2.43. The minimum absolute atomic E-state index is 0.400. The van der Waals surface area contributed by atoms with Crippen molar-refractivity contribution in [3.8, 4) is 0 Å². The fourth-order valence-electron chi connectivity index (χ4n) is 1.60. The number of rotatable bonds is 9. The maximum atomic E-state index is 5.48. The summed E-state index contributed by atoms with van der Waals surface area (Å²) < 4.78 is 12.8. The molecule has 0 fully saturated rings. The van der Waals surface area contributed by atoms with Crippen LogP contribution in [0.1, 0.15) is 32.3 Å². The molecule has 0 unspecified atom stereocenters. The van der Waals surface area contributed by atoms with Crippen LogP contribution in [-0.4, -0.2) is 53.7 Å². The number of hydrogen-bond acceptors (Lipinski definition) is 5. The van der Waals surface area contributed by atoms with Gasteiger partial charge in [-0.3, -0.25) is 4.68 Å². The smallest absolute Gasteiger partial charge is 0.204 e. The molecule has 0 saturated carbocycles. The molecule has 0 saturated heterocycles. The van der Waals surface area contributed by atoms with E-state index in [1.165, 1.54) is 0 Å². The van der Waals surface area contributed by atoms with Gasteiger partial charge in [-0.2, -0.15) is 0 Å². The number of hydrogen-bond donors (Lipinski definition) is 0. The lowest BCUT2D eigenvalue weighted by atomic mass is 10.4. The van der Waals surface area contributed by atoms with E-state index < -0.39 is 6.29 Å². The Morgan fingerprint density at radius 2 is 1.94 bits per heavy atom. The van der Waals surface area contributed by atoms with Gasteiger partial charge in [0.05, 0.1) is 6.20 Å². The lowest BCUT2D eigenvalue weighted by Gasteiger charge is -2.13. The Bertz CT molecular complexity index is 322. The maximum Gasteiger partial charge on any atom is 0.204 e. The highest BCUT2D eigenvalue weighted by molar-refractivity contribution is 4.94. The molecule has 6 heteroatoms. The van der Waals surface area contributed by atoms with E-state index in [0.717, 1.165) is 25.2 Å². The van der Waals surface area contributed by atoms with Crippen LogP contribution in [0.2, 0.25) is 0 Å². The summed E-state index contributed by atoms with van der Waals surface area (Å²) in [7, 11) is 4.12. The minimum atomic E-state index is -0.400. The van der Waals surface area contributed by atoms with E-state index in [1.54, 1.807) is 0 Å². The highest BCUT2D eigenvalue weighted by Gasteiger charge is 2.15. The average Bonchev–Trinajstić information content (AvgIpc) is 2.77. The Morgan fingerprint density at radius 1 is 1.28 bits per heavy atom. The van der Waals surface area contributed by atoms with Crippen LogP contribution < -0.4 is 0 Å². The van der Waals surface area contributed by atoms with Crippen LogP contribution in [0, 0.1) is 0 Å². The molecule has 18 heavy (non-hydrogen) atoms. The molecule has 0 aromatic carbocycles. The van der Waals surface area contributed by atoms with Crippen molar-refractivity contribution in [2.75, 3.05) is 33.9 Å². The standard InChI is InChI=1S/C12H24N4O2/c1-5-17-12(18-6-2)11-10-16(14-13-11)9-7-8-15(3)4/h10,12H,5-9H2,1-4H3. The van der Waals surface area contributed by atoms with Crippen LogP contribution in [0.5, 0.6) is 0 Å². The van der Waals surface area contributed by atoms with E-state index >= 15 is 0 Å². The van der Waals surface area contributed by atoms with E-state index in [1.807, 2.05) is 24.7 Å². The van der Waals surface area contributed by atoms with Crippen LogP contribution in [0.3, 0.4) is 0 Å². The van der Waals surface area contributed by atoms with Gasteiger partial charge in [0.2, 0.25) is 6.29 Å². The molecule has 0 spiro atoms. The number of aryl methyl sites for hydroxylation is 1. The summed E-state index contributed by atoms with van der Waals surface area (Å²) in [4.78, 5) is 2.15. The second-order valence-corrected chi connectivity index (χ2v) is 4.31. The zero-order chi connectivity index (χ0) is 13.4. The van der Waals surface area contributed by atoms with E-state index in [9.17, 15) is 0 Å². The van der Waals surface area contributed by atoms with E-state index in [0.29, 0.717) is 13.2 Å². The van der Waals surface area contributed by atoms with Gasteiger partial charge in [0, 0.05) is 19.8 Å². The zero-order valence-electron chi connectivity index (χ0n) is 11.8. The molecule has 104 valence electrons. The fourth-order valence-corrected chi connectivity index (χ4v) is 1.60. The van der Waals surface area contributed by atoms with Crippen LogP contribution >= 0.6 is 0 Å². The third kappa shape index (κ3) is 5.12. The summed E-state index contributed by atoms with van der Waals surface area (Å²) in [5.74, 6) is 0. The predicted octanol–water partition coefficient (Wildman–Crippen LogP) is 1.30. The zero-order valence-corrected chi connectivity index (χ0v) is 11.8. The molecule has 1 heterocycles. The Morgan fingerprint density at radius 3 is 2.50 bits per heavy atom. The van der Waals surface area contributed by atoms with Gasteiger partial charge >= 0.3 is 0 Å². The van der Waals surface area contributed by atoms with Crippen molar-refractivity contribution in [1.82, 2.24) is 19.9 Å². The van der Waals surface area contributed by atoms with Crippen molar-refractivity contribution in [2.45, 2.75) is 33.1 Å². The van der Waals surface area contributed by atoms with Gasteiger partial charge in [0.1, 0.15) is 5.69 Å². The van der Waals surface area contributed by atoms with Crippen LogP contribution in [-0.2, 0) is 16.0 Å². The maximum absolute atomic E-state index is 5.48. The number of aromatic nitrogens is 3. The monoisotopic (exact) mass is 256 g/mol. The lowest BCUT2D eigenvalue weighted by Crippen LogP contribution is -2.15. The molecule has 1 rings (SSSR count). The summed E-state index contributed by atoms with van der Waals surface area (Å²) in [5, 5.41) is 8.19. The fraction of sp³-hybridized carbons (Fsp3) is 0.833. The van der Waals surface area contributed by atoms with Gasteiger partial charge in [0.15, 0.2) is 0 Å². The molecule has 0 bridgehead atoms. The SMILES string of the molecule is CCOC(OCC)c1cn(CCCN(C)C)nn1. The first-order valence-electron chi connectivity index (χ1n) is 6.45. The Hall–Kier alpha value is -0.980. The van der Waals surface area contributed by atoms with Crippen molar-refractivity contribution >= 4 is 0 Å². The largest absolute Gasteiger partial charge is 0.347 e. The van der Waals surface area contributed by atoms with Crippen LogP contribution in [0.25, 0.3) is 0 Å². The van der Waals surface area contributed by atoms with Gasteiger partial charge in [-0.25, -0.2) is 0 Å². The number of nitrogens with zero attached hydrogens (tertiary/aromatic N) is 4. The van der Waals surface area contributed by atoms with Crippen molar-refractivity contribution in [3.63, 3.8) is 0 Å². The quantitative estimate of drug-likeness (QED) is 0.623. The summed E-state index contributed by atoms with van der Waals surface area (Å²) in [6.07, 6.45) is 2.54. The number of ether oxygens (including phenoxy) is 2. The molecule has 0 radical (unpaired) electrons. The van der Waals surface area contributed by atoms with Crippen molar-refractivity contribution in [2.24, 2.45) is 0 Å². The molecule has 1 aromatic rings. The lowest BCUT2D eigenvalue weighted by molar-refractivity contribution is -0.142. The Balaban J connectivity index is 2.49. The molecule has 0 atom stereocenters. The van der Waals surface area contributed by atoms with Gasteiger partial charge in [0.25, 0.3) is 0 Å². The van der Waals surface area contributed by atoms with Crippen molar-refractivity contribution in [3.05, 3.63) is 11.9 Å². The third-order valence-electron chi connectivity index (χ3n) is 2.43. The van der Waals surface area contributed by atoms with Gasteiger partial charge < -0.3 is 14.4 Å². The van der Waals surface area contributed by atoms with E-state index in [-0.39, 0.29) is 0 Å². The molecule has 0 aliphatic rings. The topological polar surface area (TPSA) is 52.4 Å². The Kier molecular flexibility index (Phi) is 6.85. The molecule has 0 aliphatic carbocycles. The minimum Gasteiger partial charge on any atom is -0.347 e. The summed E-state index contributed by atoms with van der Waals surface area (Å²) >= 11 is 0. The molecular weight excluding hydrogens is 232 g/mol. The second kappa shape index (κ2) is 8.18. The second-order valence-electron chi connectivity index (χ2n) is 4.31. The first kappa shape index (κ1) is 15.1. The first-order chi connectivity index (χ1) is 8.67. The molecule has 0 amide bonds. The average molecular weight is 256 g/mol. The van der Waals surface area contributed by atoms with Crippen molar-refractivity contribution in [1.29, 1.82) is 0 Å². The summed E-state index contributed by atoms with van der Waals surface area (Å²) in [6.45, 7) is 6.96. The summed E-state index contributed by atoms with van der Waals surface area (Å²) in [6, 6.07) is 0. The molecule has 6 nitrogen and oxygen atoms in total. The Labute approximate surface area is 109 Å².